The van der Waals surface area contributed by atoms with Gasteiger partial charge in [0.15, 0.2) is 0 Å². The second-order valence-corrected chi connectivity index (χ2v) is 1.44. The molecule has 0 aromatic rings. The van der Waals surface area contributed by atoms with E-state index in [-0.39, 0.29) is 11.8 Å². The highest BCUT2D eigenvalue weighted by molar-refractivity contribution is 6.13. The zero-order chi connectivity index (χ0) is 6.15. The van der Waals surface area contributed by atoms with E-state index >= 15 is 0 Å². The summed E-state index contributed by atoms with van der Waals surface area (Å²) in [6.45, 7) is 0. The normalized spacial score (nSPS) is 18.4. The third-order valence-electron chi connectivity index (χ3n) is 0.901. The van der Waals surface area contributed by atoms with Gasteiger partial charge in [0.2, 0.25) is 0 Å². The second kappa shape index (κ2) is 1.43. The van der Waals surface area contributed by atoms with Crippen molar-refractivity contribution >= 4 is 11.8 Å². The molecule has 41 valence electrons. The van der Waals surface area contributed by atoms with Crippen LogP contribution in [0, 0.1) is 7.05 Å². The minimum absolute atomic E-state index is 0.352. The number of imide groups is 1. The quantitative estimate of drug-likeness (QED) is 0.401. The van der Waals surface area contributed by atoms with Crippen LogP contribution in [0.3, 0.4) is 0 Å². The molecular weight excluding hydrogens is 106 g/mol. The van der Waals surface area contributed by atoms with E-state index in [0.717, 1.165) is 4.90 Å². The van der Waals surface area contributed by atoms with Crippen molar-refractivity contribution in [2.75, 3.05) is 0 Å². The Morgan fingerprint density at radius 2 is 1.62 bits per heavy atom. The summed E-state index contributed by atoms with van der Waals surface area (Å²) >= 11 is 0. The number of carbonyl (C=O) groups excluding carboxylic acids is 2. The van der Waals surface area contributed by atoms with E-state index in [0.29, 0.717) is 0 Å². The van der Waals surface area contributed by atoms with Crippen LogP contribution in [0.1, 0.15) is 0 Å². The first-order chi connectivity index (χ1) is 3.72. The minimum Gasteiger partial charge on any atom is -0.274 e. The Morgan fingerprint density at radius 1 is 1.25 bits per heavy atom. The van der Waals surface area contributed by atoms with Gasteiger partial charge in [-0.15, -0.1) is 0 Å². The Hall–Kier alpha value is -1.12. The zero-order valence-electron chi connectivity index (χ0n) is 4.13. The van der Waals surface area contributed by atoms with Crippen molar-refractivity contribution in [2.24, 2.45) is 0 Å². The topological polar surface area (TPSA) is 37.4 Å². The van der Waals surface area contributed by atoms with Gasteiger partial charge in [0, 0.05) is 19.2 Å². The van der Waals surface area contributed by atoms with Gasteiger partial charge in [-0.3, -0.25) is 14.5 Å². The highest BCUT2D eigenvalue weighted by Crippen LogP contribution is 1.98. The molecule has 0 saturated carbocycles. The summed E-state index contributed by atoms with van der Waals surface area (Å²) in [6.07, 6.45) is 2.38. The molecule has 2 amide bonds. The Bertz CT molecular complexity index is 153. The molecule has 0 saturated heterocycles. The summed E-state index contributed by atoms with van der Waals surface area (Å²) in [5.74, 6) is -0.704. The van der Waals surface area contributed by atoms with Crippen molar-refractivity contribution in [3.8, 4) is 0 Å². The molecule has 0 spiro atoms. The van der Waals surface area contributed by atoms with E-state index in [2.05, 4.69) is 7.05 Å². The molecule has 0 aliphatic carbocycles. The summed E-state index contributed by atoms with van der Waals surface area (Å²) in [5, 5.41) is 0. The molecule has 0 N–H and O–H groups in total. The van der Waals surface area contributed by atoms with Gasteiger partial charge in [-0.05, 0) is 0 Å². The highest BCUT2D eigenvalue weighted by atomic mass is 16.2. The van der Waals surface area contributed by atoms with E-state index < -0.39 is 0 Å². The molecule has 1 aliphatic heterocycles. The standard InChI is InChI=1S/C5H4NO2/c1-6-4(7)2-3-5(6)8/h2-3H,1H2. The van der Waals surface area contributed by atoms with Crippen LogP contribution in [-0.2, 0) is 9.59 Å². The Kier molecular flexibility index (Phi) is 0.901. The van der Waals surface area contributed by atoms with Gasteiger partial charge in [0.05, 0.1) is 0 Å². The molecule has 0 fully saturated rings. The smallest absolute Gasteiger partial charge is 0.253 e. The first kappa shape index (κ1) is 5.03. The summed E-state index contributed by atoms with van der Waals surface area (Å²) in [7, 11) is 3.17. The van der Waals surface area contributed by atoms with Crippen LogP contribution in [0.2, 0.25) is 0 Å². The molecule has 8 heavy (non-hydrogen) atoms. The number of hydrogen-bond donors (Lipinski definition) is 0. The fourth-order valence-electron chi connectivity index (χ4n) is 0.431. The lowest BCUT2D eigenvalue weighted by Gasteiger charge is -2.01. The van der Waals surface area contributed by atoms with Crippen molar-refractivity contribution in [1.29, 1.82) is 0 Å². The van der Waals surface area contributed by atoms with Crippen LogP contribution in [0.5, 0.6) is 0 Å². The monoisotopic (exact) mass is 110 g/mol. The predicted octanol–water partition coefficient (Wildman–Crippen LogP) is -0.297. The lowest BCUT2D eigenvalue weighted by atomic mass is 10.6. The van der Waals surface area contributed by atoms with Gasteiger partial charge < -0.3 is 0 Å². The third-order valence-corrected chi connectivity index (χ3v) is 0.901. The lowest BCUT2D eigenvalue weighted by molar-refractivity contribution is -0.133. The molecule has 3 nitrogen and oxygen atoms in total. The number of rotatable bonds is 0. The van der Waals surface area contributed by atoms with E-state index in [1.54, 1.807) is 0 Å². The summed E-state index contributed by atoms with van der Waals surface area (Å²) < 4.78 is 0. The maximum atomic E-state index is 10.3. The Morgan fingerprint density at radius 3 is 1.75 bits per heavy atom. The van der Waals surface area contributed by atoms with Gasteiger partial charge in [-0.2, -0.15) is 0 Å². The molecule has 0 aromatic heterocycles. The van der Waals surface area contributed by atoms with Gasteiger partial charge >= 0.3 is 0 Å². The van der Waals surface area contributed by atoms with Gasteiger partial charge in [-0.1, -0.05) is 0 Å². The number of nitrogens with zero attached hydrogens (tertiary/aromatic N) is 1. The fourth-order valence-corrected chi connectivity index (χ4v) is 0.431. The number of hydrogen-bond acceptors (Lipinski definition) is 2. The van der Waals surface area contributed by atoms with Crippen LogP contribution >= 0.6 is 0 Å². The molecule has 1 heterocycles. The average molecular weight is 110 g/mol. The SMILES string of the molecule is [CH2]N1C(=O)C=CC1=O. The van der Waals surface area contributed by atoms with Crippen molar-refractivity contribution in [3.05, 3.63) is 19.2 Å². The predicted molar refractivity (Wildman–Crippen MR) is 26.3 cm³/mol. The van der Waals surface area contributed by atoms with Gasteiger partial charge in [0.1, 0.15) is 0 Å². The van der Waals surface area contributed by atoms with Crippen molar-refractivity contribution < 1.29 is 9.59 Å². The van der Waals surface area contributed by atoms with Crippen LogP contribution in [-0.4, -0.2) is 16.7 Å². The molecule has 0 bridgehead atoms. The minimum atomic E-state index is -0.352. The van der Waals surface area contributed by atoms with Crippen molar-refractivity contribution in [2.45, 2.75) is 0 Å². The first-order valence-electron chi connectivity index (χ1n) is 2.08. The Labute approximate surface area is 46.6 Å². The molecule has 0 unspecified atom stereocenters. The molecule has 1 radical (unpaired) electrons. The maximum Gasteiger partial charge on any atom is 0.253 e. The van der Waals surface area contributed by atoms with Gasteiger partial charge in [-0.25, -0.2) is 0 Å². The highest BCUT2D eigenvalue weighted by Gasteiger charge is 2.17. The lowest BCUT2D eigenvalue weighted by Crippen LogP contribution is -2.21. The van der Waals surface area contributed by atoms with Gasteiger partial charge in [0.25, 0.3) is 11.8 Å². The van der Waals surface area contributed by atoms with E-state index in [1.807, 2.05) is 0 Å². The van der Waals surface area contributed by atoms with Crippen LogP contribution in [0.25, 0.3) is 0 Å². The first-order valence-corrected chi connectivity index (χ1v) is 2.08. The summed E-state index contributed by atoms with van der Waals surface area (Å²) in [6, 6.07) is 0. The molecule has 0 aromatic carbocycles. The number of carbonyl (C=O) groups is 2. The molecule has 1 rings (SSSR count). The summed E-state index contributed by atoms with van der Waals surface area (Å²) in [5.41, 5.74) is 0. The van der Waals surface area contributed by atoms with Crippen molar-refractivity contribution in [1.82, 2.24) is 4.90 Å². The van der Waals surface area contributed by atoms with Crippen LogP contribution < -0.4 is 0 Å². The number of amides is 2. The zero-order valence-corrected chi connectivity index (χ0v) is 4.13. The molecular formula is C5H4NO2. The average Bonchev–Trinajstić information content (AvgIpc) is 1.98. The van der Waals surface area contributed by atoms with E-state index in [1.165, 1.54) is 12.2 Å². The van der Waals surface area contributed by atoms with Crippen molar-refractivity contribution in [3.63, 3.8) is 0 Å². The van der Waals surface area contributed by atoms with E-state index in [9.17, 15) is 9.59 Å². The molecule has 0 atom stereocenters. The largest absolute Gasteiger partial charge is 0.274 e. The summed E-state index contributed by atoms with van der Waals surface area (Å²) in [4.78, 5) is 21.5. The second-order valence-electron chi connectivity index (χ2n) is 1.44. The Balaban J connectivity index is 2.84. The van der Waals surface area contributed by atoms with Crippen LogP contribution in [0.4, 0.5) is 0 Å². The third kappa shape index (κ3) is 0.521. The maximum absolute atomic E-state index is 10.3. The fraction of sp³-hybridized carbons (Fsp3) is 0. The molecule has 1 aliphatic rings. The van der Waals surface area contributed by atoms with E-state index in [4.69, 9.17) is 0 Å². The molecule has 3 heteroatoms. The van der Waals surface area contributed by atoms with Crippen LogP contribution in [0.15, 0.2) is 12.2 Å².